The van der Waals surface area contributed by atoms with Crippen LogP contribution < -0.4 is 20.4 Å². The van der Waals surface area contributed by atoms with Crippen molar-refractivity contribution < 1.29 is 39.6 Å². The van der Waals surface area contributed by atoms with E-state index in [0.717, 1.165) is 38.5 Å². The van der Waals surface area contributed by atoms with Crippen molar-refractivity contribution in [3.8, 4) is 0 Å². The van der Waals surface area contributed by atoms with Gasteiger partial charge in [-0.2, -0.15) is 0 Å². The number of allylic oxidation sites excluding steroid dienone is 2. The van der Waals surface area contributed by atoms with Crippen molar-refractivity contribution in [2.24, 2.45) is 0 Å². The number of carbonyl (C=O) groups is 4. The van der Waals surface area contributed by atoms with Crippen LogP contribution in [0.5, 0.6) is 0 Å². The summed E-state index contributed by atoms with van der Waals surface area (Å²) >= 11 is 0. The number of rotatable bonds is 20. The SMILES string of the molecule is CCCCCCCCC=C/C(=C/C(=O)[O-])C(=O)[O-].CCCCCCCCC=C/C(=C/C(=O)[O-])C(=O)[O-].[Mg+2].[Mg+2]. The van der Waals surface area contributed by atoms with Crippen molar-refractivity contribution in [3.05, 3.63) is 47.6 Å². The first kappa shape index (κ1) is 43.4. The third-order valence-electron chi connectivity index (χ3n) is 5.06. The Balaban J connectivity index is -0.000000289. The molecule has 0 aromatic carbocycles. The average molecular weight is 553 g/mol. The van der Waals surface area contributed by atoms with E-state index in [-0.39, 0.29) is 57.3 Å². The summed E-state index contributed by atoms with van der Waals surface area (Å²) < 4.78 is 0. The van der Waals surface area contributed by atoms with Gasteiger partial charge in [-0.25, -0.2) is 0 Å². The van der Waals surface area contributed by atoms with Crippen LogP contribution in [0, 0.1) is 0 Å². The van der Waals surface area contributed by atoms with Crippen LogP contribution in [0.3, 0.4) is 0 Å². The second kappa shape index (κ2) is 31.6. The first-order valence-electron chi connectivity index (χ1n) is 12.8. The van der Waals surface area contributed by atoms with Gasteiger partial charge in [0.05, 0.1) is 23.9 Å². The Morgan fingerprint density at radius 3 is 1.05 bits per heavy atom. The van der Waals surface area contributed by atoms with Crippen LogP contribution in [0.15, 0.2) is 47.6 Å². The minimum atomic E-state index is -1.53. The molecule has 0 aliphatic heterocycles. The van der Waals surface area contributed by atoms with Gasteiger partial charge in [0.2, 0.25) is 0 Å². The molecule has 0 aliphatic rings. The maximum atomic E-state index is 10.6. The Hall–Kier alpha value is -1.63. The van der Waals surface area contributed by atoms with Gasteiger partial charge >= 0.3 is 46.1 Å². The van der Waals surface area contributed by atoms with Crippen LogP contribution in [-0.4, -0.2) is 70.0 Å². The summed E-state index contributed by atoms with van der Waals surface area (Å²) in [5.41, 5.74) is -0.720. The van der Waals surface area contributed by atoms with Crippen LogP contribution >= 0.6 is 0 Å². The fourth-order valence-corrected chi connectivity index (χ4v) is 3.11. The number of carboxylic acid groups (broad SMARTS) is 4. The molecule has 0 aromatic rings. The van der Waals surface area contributed by atoms with Crippen LogP contribution in [0.1, 0.15) is 104 Å². The summed E-state index contributed by atoms with van der Waals surface area (Å²) in [6, 6.07) is 0. The van der Waals surface area contributed by atoms with E-state index in [1.54, 1.807) is 12.2 Å². The Labute approximate surface area is 259 Å². The van der Waals surface area contributed by atoms with Gasteiger partial charge < -0.3 is 39.6 Å². The monoisotopic (exact) mass is 552 g/mol. The molecule has 8 nitrogen and oxygen atoms in total. The van der Waals surface area contributed by atoms with Gasteiger partial charge in [-0.15, -0.1) is 0 Å². The molecule has 38 heavy (non-hydrogen) atoms. The van der Waals surface area contributed by atoms with E-state index in [1.165, 1.54) is 63.5 Å². The molecular formula is C28H40Mg2O8. The van der Waals surface area contributed by atoms with Gasteiger partial charge in [0.15, 0.2) is 0 Å². The Kier molecular flexibility index (Phi) is 36.1. The molecule has 204 valence electrons. The molecule has 0 amide bonds. The van der Waals surface area contributed by atoms with E-state index in [1.807, 2.05) is 0 Å². The first-order chi connectivity index (χ1) is 17.1. The molecule has 0 heterocycles. The quantitative estimate of drug-likeness (QED) is 0.0921. The standard InChI is InChI=1S/2C14H22O4.2Mg/c2*1-2-3-4-5-6-7-8-9-10-12(14(17)18)11-13(15)16;;/h2*9-11H,2-8H2,1H3,(H,15,16)(H,17,18);;/q;;2*+2/p-4/b2*10-9?,12-11-;;. The molecule has 0 fully saturated rings. The fraction of sp³-hybridized carbons (Fsp3) is 0.571. The third-order valence-corrected chi connectivity index (χ3v) is 5.06. The summed E-state index contributed by atoms with van der Waals surface area (Å²) in [5.74, 6) is -6.06. The fourth-order valence-electron chi connectivity index (χ4n) is 3.11. The minimum Gasteiger partial charge on any atom is -0.545 e. The van der Waals surface area contributed by atoms with E-state index >= 15 is 0 Å². The zero-order valence-corrected chi connectivity index (χ0v) is 25.9. The smallest absolute Gasteiger partial charge is 0.545 e. The molecule has 0 aliphatic carbocycles. The molecular weight excluding hydrogens is 513 g/mol. The van der Waals surface area contributed by atoms with Gasteiger partial charge in [-0.1, -0.05) is 102 Å². The number of carboxylic acids is 4. The van der Waals surface area contributed by atoms with Crippen LogP contribution in [0.2, 0.25) is 0 Å². The van der Waals surface area contributed by atoms with E-state index in [2.05, 4.69) is 13.8 Å². The van der Waals surface area contributed by atoms with Crippen LogP contribution in [0.4, 0.5) is 0 Å². The molecule has 0 radical (unpaired) electrons. The van der Waals surface area contributed by atoms with Gasteiger partial charge in [0, 0.05) is 0 Å². The second-order valence-corrected chi connectivity index (χ2v) is 8.33. The van der Waals surface area contributed by atoms with Gasteiger partial charge in [-0.3, -0.25) is 0 Å². The van der Waals surface area contributed by atoms with Crippen molar-refractivity contribution in [3.63, 3.8) is 0 Å². The van der Waals surface area contributed by atoms with Crippen molar-refractivity contribution in [2.45, 2.75) is 104 Å². The van der Waals surface area contributed by atoms with E-state index in [4.69, 9.17) is 0 Å². The van der Waals surface area contributed by atoms with Gasteiger partial charge in [0.25, 0.3) is 0 Å². The topological polar surface area (TPSA) is 161 Å². The number of unbranched alkanes of at least 4 members (excludes halogenated alkanes) is 12. The largest absolute Gasteiger partial charge is 2.00 e. The summed E-state index contributed by atoms with van der Waals surface area (Å²) in [6.07, 6.45) is 22.3. The third kappa shape index (κ3) is 32.4. The second-order valence-electron chi connectivity index (χ2n) is 8.33. The summed E-state index contributed by atoms with van der Waals surface area (Å²) in [7, 11) is 0. The zero-order chi connectivity index (χ0) is 27.6. The average Bonchev–Trinajstić information content (AvgIpc) is 2.80. The Morgan fingerprint density at radius 2 is 0.789 bits per heavy atom. The molecule has 0 aromatic heterocycles. The number of aliphatic carboxylic acids is 4. The molecule has 0 saturated carbocycles. The first-order valence-corrected chi connectivity index (χ1v) is 12.8. The van der Waals surface area contributed by atoms with Gasteiger partial charge in [0.1, 0.15) is 0 Å². The van der Waals surface area contributed by atoms with Crippen molar-refractivity contribution in [2.75, 3.05) is 0 Å². The molecule has 0 N–H and O–H groups in total. The normalized spacial score (nSPS) is 11.3. The van der Waals surface area contributed by atoms with Crippen molar-refractivity contribution in [1.29, 1.82) is 0 Å². The summed E-state index contributed by atoms with van der Waals surface area (Å²) in [4.78, 5) is 41.6. The molecule has 0 rings (SSSR count). The van der Waals surface area contributed by atoms with Gasteiger partial charge in [-0.05, 0) is 49.0 Å². The molecule has 0 spiro atoms. The molecule has 0 atom stereocenters. The predicted molar refractivity (Wildman–Crippen MR) is 142 cm³/mol. The summed E-state index contributed by atoms with van der Waals surface area (Å²) in [6.45, 7) is 4.32. The van der Waals surface area contributed by atoms with Crippen molar-refractivity contribution >= 4 is 70.0 Å². The summed E-state index contributed by atoms with van der Waals surface area (Å²) in [5, 5.41) is 41.6. The Morgan fingerprint density at radius 1 is 0.500 bits per heavy atom. The zero-order valence-electron chi connectivity index (χ0n) is 23.0. The maximum absolute atomic E-state index is 10.6. The van der Waals surface area contributed by atoms with Crippen molar-refractivity contribution in [1.82, 2.24) is 0 Å². The number of hydrogen-bond acceptors (Lipinski definition) is 8. The van der Waals surface area contributed by atoms with Crippen LogP contribution in [0.25, 0.3) is 0 Å². The van der Waals surface area contributed by atoms with E-state index < -0.39 is 23.9 Å². The van der Waals surface area contributed by atoms with E-state index in [9.17, 15) is 39.6 Å². The minimum absolute atomic E-state index is 0. The maximum Gasteiger partial charge on any atom is 2.00 e. The predicted octanol–water partition coefficient (Wildman–Crippen LogP) is 0.677. The molecule has 0 saturated heterocycles. The number of carbonyl (C=O) groups excluding carboxylic acids is 4. The van der Waals surface area contributed by atoms with Crippen LogP contribution in [-0.2, 0) is 19.2 Å². The Bertz CT molecular complexity index is 707. The van der Waals surface area contributed by atoms with E-state index in [0.29, 0.717) is 12.2 Å². The molecule has 0 unspecified atom stereocenters. The molecule has 0 bridgehead atoms. The molecule has 10 heteroatoms. The number of hydrogen-bond donors (Lipinski definition) is 0.